The fourth-order valence-corrected chi connectivity index (χ4v) is 2.77. The first kappa shape index (κ1) is 15.7. The molecular weight excluding hydrogens is 312 g/mol. The molecule has 1 amide bonds. The number of pyridine rings is 1. The molecule has 5 heteroatoms. The van der Waals surface area contributed by atoms with E-state index < -0.39 is 0 Å². The second-order valence-electron chi connectivity index (χ2n) is 5.25. The number of halogens is 1. The van der Waals surface area contributed by atoms with E-state index >= 15 is 0 Å². The third-order valence-corrected chi connectivity index (χ3v) is 4.06. The summed E-state index contributed by atoms with van der Waals surface area (Å²) < 4.78 is 5.77. The summed E-state index contributed by atoms with van der Waals surface area (Å²) >= 11 is 6.22. The monoisotopic (exact) mass is 328 g/mol. The van der Waals surface area contributed by atoms with Gasteiger partial charge in [0.15, 0.2) is 0 Å². The Morgan fingerprint density at radius 3 is 2.87 bits per heavy atom. The van der Waals surface area contributed by atoms with Crippen LogP contribution in [0.2, 0.25) is 5.02 Å². The van der Waals surface area contributed by atoms with Gasteiger partial charge >= 0.3 is 0 Å². The van der Waals surface area contributed by atoms with Crippen LogP contribution in [-0.4, -0.2) is 35.5 Å². The zero-order chi connectivity index (χ0) is 16.1. The van der Waals surface area contributed by atoms with Gasteiger partial charge in [0.05, 0.1) is 18.8 Å². The van der Waals surface area contributed by atoms with Crippen molar-refractivity contribution in [2.75, 3.05) is 19.7 Å². The third kappa shape index (κ3) is 3.97. The number of amides is 1. The molecule has 2 heterocycles. The van der Waals surface area contributed by atoms with E-state index in [4.69, 9.17) is 16.3 Å². The Morgan fingerprint density at radius 2 is 2.09 bits per heavy atom. The summed E-state index contributed by atoms with van der Waals surface area (Å²) in [6.45, 7) is 1.57. The minimum atomic E-state index is -0.190. The van der Waals surface area contributed by atoms with Gasteiger partial charge in [-0.25, -0.2) is 0 Å². The number of aromatic nitrogens is 1. The van der Waals surface area contributed by atoms with Crippen molar-refractivity contribution in [1.29, 1.82) is 0 Å². The highest BCUT2D eigenvalue weighted by atomic mass is 35.5. The van der Waals surface area contributed by atoms with E-state index in [1.54, 1.807) is 23.2 Å². The van der Waals surface area contributed by atoms with E-state index in [1.165, 1.54) is 0 Å². The SMILES string of the molecule is O=C(/C=C/c1ccccn1)N1CCO[C@H](c2ccccc2Cl)C1. The van der Waals surface area contributed by atoms with Crippen LogP contribution in [0.15, 0.2) is 54.7 Å². The Labute approximate surface area is 140 Å². The molecule has 0 saturated carbocycles. The molecule has 0 unspecified atom stereocenters. The molecular formula is C18H17ClN2O2. The molecule has 1 aromatic heterocycles. The van der Waals surface area contributed by atoms with Crippen LogP contribution in [0.1, 0.15) is 17.4 Å². The van der Waals surface area contributed by atoms with Crippen molar-refractivity contribution >= 4 is 23.6 Å². The van der Waals surface area contributed by atoms with Gasteiger partial charge in [-0.15, -0.1) is 0 Å². The molecule has 23 heavy (non-hydrogen) atoms. The highest BCUT2D eigenvalue weighted by Gasteiger charge is 2.25. The van der Waals surface area contributed by atoms with Gasteiger partial charge in [-0.3, -0.25) is 9.78 Å². The van der Waals surface area contributed by atoms with Crippen LogP contribution in [-0.2, 0) is 9.53 Å². The minimum Gasteiger partial charge on any atom is -0.370 e. The van der Waals surface area contributed by atoms with Gasteiger partial charge < -0.3 is 9.64 Å². The lowest BCUT2D eigenvalue weighted by Gasteiger charge is -2.33. The Balaban J connectivity index is 1.68. The average Bonchev–Trinajstić information content (AvgIpc) is 2.61. The number of hydrogen-bond acceptors (Lipinski definition) is 3. The summed E-state index contributed by atoms with van der Waals surface area (Å²) in [5, 5.41) is 0.663. The molecule has 0 N–H and O–H groups in total. The molecule has 0 spiro atoms. The fraction of sp³-hybridized carbons (Fsp3) is 0.222. The molecule has 0 radical (unpaired) electrons. The Kier molecular flexibility index (Phi) is 5.05. The van der Waals surface area contributed by atoms with Crippen LogP contribution in [0.25, 0.3) is 6.08 Å². The van der Waals surface area contributed by atoms with E-state index in [0.717, 1.165) is 11.3 Å². The van der Waals surface area contributed by atoms with Crippen LogP contribution in [0, 0.1) is 0 Å². The number of carbonyl (C=O) groups is 1. The molecule has 1 aliphatic heterocycles. The maximum Gasteiger partial charge on any atom is 0.246 e. The van der Waals surface area contributed by atoms with Gasteiger partial charge in [-0.2, -0.15) is 0 Å². The van der Waals surface area contributed by atoms with Crippen LogP contribution in [0.3, 0.4) is 0 Å². The second kappa shape index (κ2) is 7.40. The van der Waals surface area contributed by atoms with Gasteiger partial charge in [-0.05, 0) is 24.3 Å². The maximum atomic E-state index is 12.4. The number of rotatable bonds is 3. The van der Waals surface area contributed by atoms with Crippen molar-refractivity contribution in [2.45, 2.75) is 6.10 Å². The lowest BCUT2D eigenvalue weighted by molar-refractivity contribution is -0.133. The molecule has 1 aliphatic rings. The quantitative estimate of drug-likeness (QED) is 0.811. The normalized spacial score (nSPS) is 18.3. The topological polar surface area (TPSA) is 42.4 Å². The third-order valence-electron chi connectivity index (χ3n) is 3.71. The van der Waals surface area contributed by atoms with E-state index in [1.807, 2.05) is 42.5 Å². The van der Waals surface area contributed by atoms with Crippen LogP contribution >= 0.6 is 11.6 Å². The van der Waals surface area contributed by atoms with E-state index in [-0.39, 0.29) is 12.0 Å². The summed E-state index contributed by atoms with van der Waals surface area (Å²) in [5.41, 5.74) is 1.68. The first-order valence-corrected chi connectivity index (χ1v) is 7.86. The van der Waals surface area contributed by atoms with Gasteiger partial charge in [-0.1, -0.05) is 35.9 Å². The number of ether oxygens (including phenoxy) is 1. The van der Waals surface area contributed by atoms with E-state index in [9.17, 15) is 4.79 Å². The predicted molar refractivity (Wildman–Crippen MR) is 90.0 cm³/mol. The van der Waals surface area contributed by atoms with Crippen molar-refractivity contribution in [2.24, 2.45) is 0 Å². The molecule has 4 nitrogen and oxygen atoms in total. The minimum absolute atomic E-state index is 0.0454. The van der Waals surface area contributed by atoms with Crippen LogP contribution in [0.5, 0.6) is 0 Å². The Hall–Kier alpha value is -2.17. The smallest absolute Gasteiger partial charge is 0.246 e. The van der Waals surface area contributed by atoms with Crippen molar-refractivity contribution in [3.8, 4) is 0 Å². The molecule has 118 valence electrons. The molecule has 1 fully saturated rings. The summed E-state index contributed by atoms with van der Waals surface area (Å²) in [5.74, 6) is -0.0454. The standard InChI is InChI=1S/C18H17ClN2O2/c19-16-7-2-1-6-15(16)17-13-21(11-12-23-17)18(22)9-8-14-5-3-4-10-20-14/h1-10,17H,11-13H2/b9-8+/t17-/m0/s1. The van der Waals surface area contributed by atoms with Crippen LogP contribution in [0.4, 0.5) is 0 Å². The van der Waals surface area contributed by atoms with Gasteiger partial charge in [0.1, 0.15) is 6.10 Å². The Morgan fingerprint density at radius 1 is 1.26 bits per heavy atom. The van der Waals surface area contributed by atoms with Gasteiger partial charge in [0.25, 0.3) is 0 Å². The highest BCUT2D eigenvalue weighted by Crippen LogP contribution is 2.28. The summed E-state index contributed by atoms with van der Waals surface area (Å²) in [4.78, 5) is 18.3. The van der Waals surface area contributed by atoms with Crippen molar-refractivity contribution < 1.29 is 9.53 Å². The van der Waals surface area contributed by atoms with E-state index in [2.05, 4.69) is 4.98 Å². The molecule has 0 aliphatic carbocycles. The predicted octanol–water partition coefficient (Wildman–Crippen LogP) is 3.35. The molecule has 0 bridgehead atoms. The number of benzene rings is 1. The highest BCUT2D eigenvalue weighted by molar-refractivity contribution is 6.31. The number of hydrogen-bond donors (Lipinski definition) is 0. The van der Waals surface area contributed by atoms with Crippen molar-refractivity contribution in [1.82, 2.24) is 9.88 Å². The maximum absolute atomic E-state index is 12.4. The van der Waals surface area contributed by atoms with Crippen molar-refractivity contribution in [3.05, 3.63) is 71.0 Å². The van der Waals surface area contributed by atoms with Crippen molar-refractivity contribution in [3.63, 3.8) is 0 Å². The fourth-order valence-electron chi connectivity index (χ4n) is 2.51. The lowest BCUT2D eigenvalue weighted by atomic mass is 10.1. The molecule has 3 rings (SSSR count). The summed E-state index contributed by atoms with van der Waals surface area (Å²) in [6.07, 6.45) is 4.79. The van der Waals surface area contributed by atoms with E-state index in [0.29, 0.717) is 24.7 Å². The average molecular weight is 329 g/mol. The number of carbonyl (C=O) groups excluding carboxylic acids is 1. The zero-order valence-corrected chi connectivity index (χ0v) is 13.3. The number of nitrogens with zero attached hydrogens (tertiary/aromatic N) is 2. The molecule has 1 aromatic carbocycles. The summed E-state index contributed by atoms with van der Waals surface area (Å²) in [6, 6.07) is 13.2. The largest absolute Gasteiger partial charge is 0.370 e. The lowest BCUT2D eigenvalue weighted by Crippen LogP contribution is -2.41. The molecule has 1 saturated heterocycles. The van der Waals surface area contributed by atoms with Gasteiger partial charge in [0, 0.05) is 29.4 Å². The first-order chi connectivity index (χ1) is 11.2. The molecule has 2 aromatic rings. The number of morpholine rings is 1. The van der Waals surface area contributed by atoms with Gasteiger partial charge in [0.2, 0.25) is 5.91 Å². The second-order valence-corrected chi connectivity index (χ2v) is 5.66. The summed E-state index contributed by atoms with van der Waals surface area (Å²) in [7, 11) is 0. The first-order valence-electron chi connectivity index (χ1n) is 7.48. The zero-order valence-electron chi connectivity index (χ0n) is 12.6. The molecule has 1 atom stereocenters. The Bertz CT molecular complexity index is 703. The van der Waals surface area contributed by atoms with Crippen LogP contribution < -0.4 is 0 Å².